The fraction of sp³-hybridized carbons (Fsp3) is 0.500. The molecule has 1 aliphatic heterocycles. The van der Waals surface area contributed by atoms with Crippen molar-refractivity contribution in [3.8, 4) is 24.7 Å². The molecule has 0 aromatic heterocycles. The first-order chi connectivity index (χ1) is 7.38. The standard InChI is InChI=1S/C12H12O4/c1-5-7-12(8-6-2)9(13)15-11(3,4)16-10(12)14/h1-2H,7-8H2,3-4H3. The molecule has 0 unspecified atom stereocenters. The Balaban J connectivity index is 3.12. The third kappa shape index (κ3) is 1.87. The summed E-state index contributed by atoms with van der Waals surface area (Å²) in [4.78, 5) is 23.6. The van der Waals surface area contributed by atoms with Crippen LogP contribution >= 0.6 is 0 Å². The number of carbonyl (C=O) groups is 2. The molecule has 1 saturated heterocycles. The van der Waals surface area contributed by atoms with Crippen molar-refractivity contribution in [3.63, 3.8) is 0 Å². The van der Waals surface area contributed by atoms with Crippen LogP contribution in [0.5, 0.6) is 0 Å². The summed E-state index contributed by atoms with van der Waals surface area (Å²) in [5.74, 6) is 1.81. The highest BCUT2D eigenvalue weighted by Crippen LogP contribution is 2.37. The Hall–Kier alpha value is -1.94. The van der Waals surface area contributed by atoms with Crippen molar-refractivity contribution in [2.24, 2.45) is 5.41 Å². The molecule has 1 fully saturated rings. The highest BCUT2D eigenvalue weighted by atomic mass is 16.7. The van der Waals surface area contributed by atoms with Gasteiger partial charge in [0.1, 0.15) is 0 Å². The molecule has 1 heterocycles. The molecule has 0 aromatic carbocycles. The number of carbonyl (C=O) groups excluding carboxylic acids is 2. The van der Waals surface area contributed by atoms with Gasteiger partial charge in [0, 0.05) is 26.7 Å². The van der Waals surface area contributed by atoms with Gasteiger partial charge in [-0.15, -0.1) is 24.7 Å². The topological polar surface area (TPSA) is 52.6 Å². The van der Waals surface area contributed by atoms with Gasteiger partial charge in [-0.25, -0.2) is 0 Å². The Morgan fingerprint density at radius 3 is 1.75 bits per heavy atom. The van der Waals surface area contributed by atoms with E-state index in [0.29, 0.717) is 0 Å². The highest BCUT2D eigenvalue weighted by Gasteiger charge is 2.55. The van der Waals surface area contributed by atoms with Gasteiger partial charge < -0.3 is 9.47 Å². The van der Waals surface area contributed by atoms with Gasteiger partial charge in [0.15, 0.2) is 5.41 Å². The molecule has 0 saturated carbocycles. The lowest BCUT2D eigenvalue weighted by Gasteiger charge is -2.38. The van der Waals surface area contributed by atoms with Gasteiger partial charge in [0.25, 0.3) is 5.79 Å². The second kappa shape index (κ2) is 3.90. The molecule has 16 heavy (non-hydrogen) atoms. The summed E-state index contributed by atoms with van der Waals surface area (Å²) in [7, 11) is 0. The summed E-state index contributed by atoms with van der Waals surface area (Å²) in [6.45, 7) is 2.94. The summed E-state index contributed by atoms with van der Waals surface area (Å²) in [5, 5.41) is 0. The molecule has 0 aromatic rings. The number of esters is 2. The average Bonchev–Trinajstić information content (AvgIpc) is 2.13. The SMILES string of the molecule is C#CCC1(CC#C)C(=O)OC(C)(C)OC1=O. The van der Waals surface area contributed by atoms with E-state index in [4.69, 9.17) is 22.3 Å². The zero-order valence-corrected chi connectivity index (χ0v) is 9.20. The molecule has 0 aliphatic carbocycles. The Kier molecular flexibility index (Phi) is 2.96. The predicted molar refractivity (Wildman–Crippen MR) is 55.6 cm³/mol. The van der Waals surface area contributed by atoms with E-state index in [1.54, 1.807) is 0 Å². The molecule has 0 spiro atoms. The number of hydrogen-bond acceptors (Lipinski definition) is 4. The van der Waals surface area contributed by atoms with Gasteiger partial charge in [0.2, 0.25) is 0 Å². The molecule has 1 aliphatic rings. The largest absolute Gasteiger partial charge is 0.422 e. The van der Waals surface area contributed by atoms with E-state index in [-0.39, 0.29) is 12.8 Å². The monoisotopic (exact) mass is 220 g/mol. The first-order valence-electron chi connectivity index (χ1n) is 4.72. The molecule has 4 nitrogen and oxygen atoms in total. The lowest BCUT2D eigenvalue weighted by Crippen LogP contribution is -2.53. The van der Waals surface area contributed by atoms with Crippen LogP contribution in [0.2, 0.25) is 0 Å². The average molecular weight is 220 g/mol. The van der Waals surface area contributed by atoms with Crippen molar-refractivity contribution >= 4 is 11.9 Å². The lowest BCUT2D eigenvalue weighted by atomic mass is 9.80. The summed E-state index contributed by atoms with van der Waals surface area (Å²) in [5.41, 5.74) is -1.54. The van der Waals surface area contributed by atoms with Crippen LogP contribution in [-0.4, -0.2) is 17.7 Å². The van der Waals surface area contributed by atoms with Crippen LogP contribution in [-0.2, 0) is 19.1 Å². The lowest BCUT2D eigenvalue weighted by molar-refractivity contribution is -0.250. The van der Waals surface area contributed by atoms with Crippen molar-refractivity contribution in [3.05, 3.63) is 0 Å². The van der Waals surface area contributed by atoms with Gasteiger partial charge in [-0.1, -0.05) is 0 Å². The Morgan fingerprint density at radius 1 is 1.06 bits per heavy atom. The van der Waals surface area contributed by atoms with Crippen molar-refractivity contribution < 1.29 is 19.1 Å². The van der Waals surface area contributed by atoms with Crippen molar-refractivity contribution in [2.75, 3.05) is 0 Å². The molecule has 0 radical (unpaired) electrons. The van der Waals surface area contributed by atoms with Crippen LogP contribution < -0.4 is 0 Å². The first-order valence-corrected chi connectivity index (χ1v) is 4.72. The first kappa shape index (κ1) is 12.1. The molecular weight excluding hydrogens is 208 g/mol. The summed E-state index contributed by atoms with van der Waals surface area (Å²) in [6, 6.07) is 0. The predicted octanol–water partition coefficient (Wildman–Crippen LogP) is 0.855. The minimum atomic E-state index is -1.54. The quantitative estimate of drug-likeness (QED) is 0.393. The van der Waals surface area contributed by atoms with Gasteiger partial charge in [-0.2, -0.15) is 0 Å². The Labute approximate surface area is 94.3 Å². The van der Waals surface area contributed by atoms with E-state index in [1.165, 1.54) is 13.8 Å². The highest BCUT2D eigenvalue weighted by molar-refractivity contribution is 6.02. The van der Waals surface area contributed by atoms with Crippen molar-refractivity contribution in [1.29, 1.82) is 0 Å². The van der Waals surface area contributed by atoms with E-state index >= 15 is 0 Å². The third-order valence-electron chi connectivity index (χ3n) is 2.27. The van der Waals surface area contributed by atoms with Crippen LogP contribution in [0.15, 0.2) is 0 Å². The van der Waals surface area contributed by atoms with E-state index < -0.39 is 23.1 Å². The third-order valence-corrected chi connectivity index (χ3v) is 2.27. The van der Waals surface area contributed by atoms with E-state index in [2.05, 4.69) is 11.8 Å². The van der Waals surface area contributed by atoms with Crippen molar-refractivity contribution in [1.82, 2.24) is 0 Å². The van der Waals surface area contributed by atoms with Crippen molar-refractivity contribution in [2.45, 2.75) is 32.5 Å². The maximum atomic E-state index is 11.8. The van der Waals surface area contributed by atoms with Crippen LogP contribution in [0.1, 0.15) is 26.7 Å². The van der Waals surface area contributed by atoms with Crippen LogP contribution in [0.3, 0.4) is 0 Å². The maximum absolute atomic E-state index is 11.8. The van der Waals surface area contributed by atoms with Gasteiger partial charge in [0.05, 0.1) is 0 Å². The number of rotatable bonds is 2. The summed E-state index contributed by atoms with van der Waals surface area (Å²) < 4.78 is 9.98. The Bertz CT molecular complexity index is 368. The fourth-order valence-corrected chi connectivity index (χ4v) is 1.45. The maximum Gasteiger partial charge on any atom is 0.328 e. The smallest absolute Gasteiger partial charge is 0.328 e. The Morgan fingerprint density at radius 2 is 1.44 bits per heavy atom. The van der Waals surface area contributed by atoms with Crippen LogP contribution in [0.4, 0.5) is 0 Å². The summed E-state index contributed by atoms with van der Waals surface area (Å²) >= 11 is 0. The number of ether oxygens (including phenoxy) is 2. The van der Waals surface area contributed by atoms with E-state index in [1.807, 2.05) is 0 Å². The van der Waals surface area contributed by atoms with E-state index in [0.717, 1.165) is 0 Å². The molecule has 84 valence electrons. The van der Waals surface area contributed by atoms with Gasteiger partial charge in [-0.3, -0.25) is 9.59 Å². The molecular formula is C12H12O4. The molecule has 0 N–H and O–H groups in total. The molecule has 4 heteroatoms. The number of cyclic esters (lactones) is 2. The number of hydrogen-bond donors (Lipinski definition) is 0. The normalized spacial score (nSPS) is 21.2. The minimum absolute atomic E-state index is 0.120. The molecule has 0 atom stereocenters. The van der Waals surface area contributed by atoms with Crippen LogP contribution in [0, 0.1) is 30.1 Å². The molecule has 1 rings (SSSR count). The zero-order valence-electron chi connectivity index (χ0n) is 9.20. The van der Waals surface area contributed by atoms with E-state index in [9.17, 15) is 9.59 Å². The second-order valence-corrected chi connectivity index (χ2v) is 4.02. The van der Waals surface area contributed by atoms with Crippen LogP contribution in [0.25, 0.3) is 0 Å². The summed E-state index contributed by atoms with van der Waals surface area (Å²) in [6.07, 6.45) is 10.0. The minimum Gasteiger partial charge on any atom is -0.422 e. The second-order valence-electron chi connectivity index (χ2n) is 4.02. The number of terminal acetylenes is 2. The zero-order chi connectivity index (χ0) is 12.4. The molecule has 0 bridgehead atoms. The van der Waals surface area contributed by atoms with Gasteiger partial charge in [-0.05, 0) is 0 Å². The molecule has 0 amide bonds. The van der Waals surface area contributed by atoms with Gasteiger partial charge >= 0.3 is 11.9 Å². The fourth-order valence-electron chi connectivity index (χ4n) is 1.45.